The van der Waals surface area contributed by atoms with Gasteiger partial charge in [0.05, 0.1) is 0 Å². The quantitative estimate of drug-likeness (QED) is 0.586. The van der Waals surface area contributed by atoms with Crippen molar-refractivity contribution in [2.45, 2.75) is 12.8 Å². The molecule has 4 heteroatoms. The number of hydrazine groups is 1. The van der Waals surface area contributed by atoms with Gasteiger partial charge in [0, 0.05) is 20.1 Å². The Kier molecular flexibility index (Phi) is 2.11. The van der Waals surface area contributed by atoms with Crippen molar-refractivity contribution in [2.75, 3.05) is 20.1 Å². The number of amides is 1. The summed E-state index contributed by atoms with van der Waals surface area (Å²) in [6.07, 6.45) is 1.34. The molecule has 1 saturated heterocycles. The van der Waals surface area contributed by atoms with Gasteiger partial charge >= 0.3 is 6.09 Å². The standard InChI is InChI=1S/C6H12N2O2/c1-7(6(9)10)8-4-2-3-5-8/h2-5H2,1H3,(H,9,10). The van der Waals surface area contributed by atoms with Crippen molar-refractivity contribution in [3.63, 3.8) is 0 Å². The fraction of sp³-hybridized carbons (Fsp3) is 0.833. The van der Waals surface area contributed by atoms with Gasteiger partial charge in [-0.3, -0.25) is 0 Å². The van der Waals surface area contributed by atoms with Gasteiger partial charge in [-0.25, -0.2) is 14.8 Å². The van der Waals surface area contributed by atoms with Crippen LogP contribution in [0.15, 0.2) is 0 Å². The van der Waals surface area contributed by atoms with Gasteiger partial charge < -0.3 is 5.11 Å². The van der Waals surface area contributed by atoms with Gasteiger partial charge in [-0.1, -0.05) is 0 Å². The molecule has 0 aromatic heterocycles. The second-order valence-electron chi connectivity index (χ2n) is 2.47. The molecule has 4 nitrogen and oxygen atoms in total. The van der Waals surface area contributed by atoms with Gasteiger partial charge in [0.1, 0.15) is 0 Å². The average molecular weight is 144 g/mol. The maximum Gasteiger partial charge on any atom is 0.421 e. The van der Waals surface area contributed by atoms with E-state index in [1.807, 2.05) is 5.01 Å². The number of hydrogen-bond acceptors (Lipinski definition) is 2. The van der Waals surface area contributed by atoms with Crippen LogP contribution in [-0.2, 0) is 0 Å². The van der Waals surface area contributed by atoms with Crippen LogP contribution >= 0.6 is 0 Å². The number of rotatable bonds is 1. The van der Waals surface area contributed by atoms with Crippen molar-refractivity contribution in [1.29, 1.82) is 0 Å². The number of hydrogen-bond donors (Lipinski definition) is 1. The van der Waals surface area contributed by atoms with E-state index in [0.29, 0.717) is 0 Å². The number of carbonyl (C=O) groups is 1. The molecule has 0 aliphatic carbocycles. The molecule has 1 amide bonds. The Labute approximate surface area is 60.0 Å². The zero-order valence-corrected chi connectivity index (χ0v) is 6.08. The fourth-order valence-electron chi connectivity index (χ4n) is 1.12. The van der Waals surface area contributed by atoms with Crippen molar-refractivity contribution in [1.82, 2.24) is 10.0 Å². The molecule has 58 valence electrons. The predicted molar refractivity (Wildman–Crippen MR) is 36.6 cm³/mol. The van der Waals surface area contributed by atoms with Crippen molar-refractivity contribution in [2.24, 2.45) is 0 Å². The van der Waals surface area contributed by atoms with Gasteiger partial charge in [0.2, 0.25) is 0 Å². The van der Waals surface area contributed by atoms with E-state index in [1.54, 1.807) is 7.05 Å². The van der Waals surface area contributed by atoms with Crippen LogP contribution in [0.4, 0.5) is 4.79 Å². The lowest BCUT2D eigenvalue weighted by Gasteiger charge is -2.24. The molecule has 1 heterocycles. The molecule has 10 heavy (non-hydrogen) atoms. The van der Waals surface area contributed by atoms with E-state index in [2.05, 4.69) is 0 Å². The average Bonchev–Trinajstić information content (AvgIpc) is 2.36. The summed E-state index contributed by atoms with van der Waals surface area (Å²) >= 11 is 0. The molecular formula is C6H12N2O2. The Hall–Kier alpha value is -0.770. The molecule has 1 aliphatic rings. The summed E-state index contributed by atoms with van der Waals surface area (Å²) < 4.78 is 0. The molecule has 1 aliphatic heterocycles. The SMILES string of the molecule is CN(C(=O)O)N1CCCC1. The molecule has 0 bridgehead atoms. The van der Waals surface area contributed by atoms with Gasteiger partial charge in [-0.15, -0.1) is 0 Å². The van der Waals surface area contributed by atoms with E-state index in [-0.39, 0.29) is 0 Å². The summed E-state index contributed by atoms with van der Waals surface area (Å²) in [4.78, 5) is 10.4. The minimum absolute atomic E-state index is 0.873. The molecule has 0 saturated carbocycles. The molecule has 0 unspecified atom stereocenters. The highest BCUT2D eigenvalue weighted by Gasteiger charge is 2.19. The van der Waals surface area contributed by atoms with Crippen molar-refractivity contribution >= 4 is 6.09 Å². The van der Waals surface area contributed by atoms with Gasteiger partial charge in [0.25, 0.3) is 0 Å². The summed E-state index contributed by atoms with van der Waals surface area (Å²) in [6.45, 7) is 1.76. The van der Waals surface area contributed by atoms with Crippen LogP contribution in [0.5, 0.6) is 0 Å². The topological polar surface area (TPSA) is 43.8 Å². The predicted octanol–water partition coefficient (Wildman–Crippen LogP) is 0.607. The Morgan fingerprint density at radius 3 is 2.40 bits per heavy atom. The summed E-state index contributed by atoms with van der Waals surface area (Å²) in [5.74, 6) is 0. The van der Waals surface area contributed by atoms with E-state index in [4.69, 9.17) is 5.11 Å². The smallest absolute Gasteiger partial charge is 0.421 e. The summed E-state index contributed by atoms with van der Waals surface area (Å²) in [7, 11) is 1.58. The molecule has 1 rings (SSSR count). The summed E-state index contributed by atoms with van der Waals surface area (Å²) in [6, 6.07) is 0. The molecule has 0 atom stereocenters. The lowest BCUT2D eigenvalue weighted by molar-refractivity contribution is 0.0309. The lowest BCUT2D eigenvalue weighted by atomic mass is 10.4. The van der Waals surface area contributed by atoms with Crippen molar-refractivity contribution < 1.29 is 9.90 Å². The first-order valence-electron chi connectivity index (χ1n) is 3.43. The monoisotopic (exact) mass is 144 g/mol. The molecular weight excluding hydrogens is 132 g/mol. The van der Waals surface area contributed by atoms with Crippen molar-refractivity contribution in [3.05, 3.63) is 0 Å². The first-order chi connectivity index (χ1) is 4.72. The Morgan fingerprint density at radius 2 is 2.00 bits per heavy atom. The van der Waals surface area contributed by atoms with Gasteiger partial charge in [-0.2, -0.15) is 0 Å². The highest BCUT2D eigenvalue weighted by molar-refractivity contribution is 5.63. The highest BCUT2D eigenvalue weighted by Crippen LogP contribution is 2.08. The third-order valence-electron chi connectivity index (χ3n) is 1.78. The molecule has 0 spiro atoms. The molecule has 1 N–H and O–H groups in total. The van der Waals surface area contributed by atoms with Crippen LogP contribution in [-0.4, -0.2) is 41.4 Å². The Morgan fingerprint density at radius 1 is 1.50 bits per heavy atom. The highest BCUT2D eigenvalue weighted by atomic mass is 16.4. The molecule has 0 aromatic carbocycles. The van der Waals surface area contributed by atoms with Crippen LogP contribution < -0.4 is 0 Å². The normalized spacial score (nSPS) is 19.3. The first kappa shape index (κ1) is 7.34. The van der Waals surface area contributed by atoms with Gasteiger partial charge in [-0.05, 0) is 12.8 Å². The van der Waals surface area contributed by atoms with Crippen LogP contribution in [0.25, 0.3) is 0 Å². The van der Waals surface area contributed by atoms with Crippen LogP contribution in [0, 0.1) is 0 Å². The minimum Gasteiger partial charge on any atom is -0.464 e. The zero-order chi connectivity index (χ0) is 7.56. The van der Waals surface area contributed by atoms with Crippen LogP contribution in [0.3, 0.4) is 0 Å². The van der Waals surface area contributed by atoms with Crippen molar-refractivity contribution in [3.8, 4) is 0 Å². The Bertz CT molecular complexity index is 132. The van der Waals surface area contributed by atoms with E-state index in [9.17, 15) is 4.79 Å². The first-order valence-corrected chi connectivity index (χ1v) is 3.43. The fourth-order valence-corrected chi connectivity index (χ4v) is 1.12. The minimum atomic E-state index is -0.873. The zero-order valence-electron chi connectivity index (χ0n) is 6.08. The van der Waals surface area contributed by atoms with E-state index < -0.39 is 6.09 Å². The third kappa shape index (κ3) is 1.39. The van der Waals surface area contributed by atoms with E-state index in [1.165, 1.54) is 5.01 Å². The van der Waals surface area contributed by atoms with Crippen LogP contribution in [0.1, 0.15) is 12.8 Å². The summed E-state index contributed by atoms with van der Waals surface area (Å²) in [5, 5.41) is 11.6. The lowest BCUT2D eigenvalue weighted by Crippen LogP contribution is -2.40. The van der Waals surface area contributed by atoms with Gasteiger partial charge in [0.15, 0.2) is 0 Å². The second kappa shape index (κ2) is 2.88. The molecule has 0 aromatic rings. The maximum absolute atomic E-state index is 10.4. The maximum atomic E-state index is 10.4. The third-order valence-corrected chi connectivity index (χ3v) is 1.78. The molecule has 1 fully saturated rings. The molecule has 0 radical (unpaired) electrons. The van der Waals surface area contributed by atoms with Crippen LogP contribution in [0.2, 0.25) is 0 Å². The second-order valence-corrected chi connectivity index (χ2v) is 2.47. The van der Waals surface area contributed by atoms with E-state index in [0.717, 1.165) is 25.9 Å². The van der Waals surface area contributed by atoms with E-state index >= 15 is 0 Å². The number of nitrogens with zero attached hydrogens (tertiary/aromatic N) is 2. The number of carboxylic acid groups (broad SMARTS) is 1. The summed E-state index contributed by atoms with van der Waals surface area (Å²) in [5.41, 5.74) is 0. The Balaban J connectivity index is 2.39. The largest absolute Gasteiger partial charge is 0.464 e.